The first-order chi connectivity index (χ1) is 8.74. The van der Waals surface area contributed by atoms with Crippen molar-refractivity contribution in [1.29, 1.82) is 0 Å². The van der Waals surface area contributed by atoms with Crippen LogP contribution in [0.4, 0.5) is 0 Å². The van der Waals surface area contributed by atoms with Gasteiger partial charge in [-0.2, -0.15) is 5.10 Å². The Labute approximate surface area is 108 Å². The van der Waals surface area contributed by atoms with E-state index in [0.717, 1.165) is 25.1 Å². The van der Waals surface area contributed by atoms with Gasteiger partial charge in [-0.3, -0.25) is 4.68 Å². The van der Waals surface area contributed by atoms with Crippen molar-refractivity contribution >= 4 is 0 Å². The van der Waals surface area contributed by atoms with E-state index in [1.165, 1.54) is 25.7 Å². The molecule has 1 aromatic rings. The Hall–Kier alpha value is -1.03. The average molecular weight is 249 g/mol. The number of aromatic nitrogens is 2. The largest absolute Gasteiger partial charge is 0.486 e. The molecule has 2 aliphatic rings. The van der Waals surface area contributed by atoms with Gasteiger partial charge >= 0.3 is 0 Å². The third kappa shape index (κ3) is 1.83. The van der Waals surface area contributed by atoms with Gasteiger partial charge in [0.05, 0.1) is 12.4 Å². The molecule has 0 amide bonds. The molecule has 1 heterocycles. The summed E-state index contributed by atoms with van der Waals surface area (Å²) in [7, 11) is 0. The Morgan fingerprint density at radius 2 is 2.28 bits per heavy atom. The lowest BCUT2D eigenvalue weighted by atomic mass is 9.61. The van der Waals surface area contributed by atoms with E-state index in [4.69, 9.17) is 10.5 Å². The fourth-order valence-electron chi connectivity index (χ4n) is 3.59. The van der Waals surface area contributed by atoms with Gasteiger partial charge < -0.3 is 10.5 Å². The first-order valence-electron chi connectivity index (χ1n) is 7.19. The molecular weight excluding hydrogens is 226 g/mol. The highest BCUT2D eigenvalue weighted by atomic mass is 16.5. The van der Waals surface area contributed by atoms with Crippen molar-refractivity contribution in [2.24, 2.45) is 11.1 Å². The molecule has 2 saturated carbocycles. The van der Waals surface area contributed by atoms with E-state index < -0.39 is 0 Å². The van der Waals surface area contributed by atoms with Crippen LogP contribution in [0.1, 0.15) is 45.4 Å². The van der Waals surface area contributed by atoms with Gasteiger partial charge in [-0.25, -0.2) is 0 Å². The number of rotatable bonds is 4. The normalized spacial score (nSPS) is 29.4. The molecule has 4 heteroatoms. The van der Waals surface area contributed by atoms with Crippen LogP contribution in [0, 0.1) is 5.41 Å². The van der Waals surface area contributed by atoms with E-state index in [1.807, 2.05) is 17.1 Å². The van der Waals surface area contributed by atoms with Crippen LogP contribution in [0.15, 0.2) is 12.4 Å². The summed E-state index contributed by atoms with van der Waals surface area (Å²) in [5, 5.41) is 4.31. The summed E-state index contributed by atoms with van der Waals surface area (Å²) in [5.74, 6) is 0.909. The minimum Gasteiger partial charge on any atom is -0.486 e. The van der Waals surface area contributed by atoms with Crippen molar-refractivity contribution in [2.45, 2.75) is 64.1 Å². The smallest absolute Gasteiger partial charge is 0.157 e. The van der Waals surface area contributed by atoms with E-state index in [0.29, 0.717) is 12.1 Å². The lowest BCUT2D eigenvalue weighted by molar-refractivity contribution is -0.0620. The third-order valence-electron chi connectivity index (χ3n) is 4.72. The number of hydrogen-bond acceptors (Lipinski definition) is 3. The third-order valence-corrected chi connectivity index (χ3v) is 4.72. The SMILES string of the molecule is CCCn1cc(OC2CC(N)C23CCCC3)cn1. The fraction of sp³-hybridized carbons (Fsp3) is 0.786. The second-order valence-corrected chi connectivity index (χ2v) is 5.83. The van der Waals surface area contributed by atoms with Crippen LogP contribution in [0.3, 0.4) is 0 Å². The zero-order chi connectivity index (χ0) is 12.6. The van der Waals surface area contributed by atoms with Crippen molar-refractivity contribution in [2.75, 3.05) is 0 Å². The minimum absolute atomic E-state index is 0.271. The predicted molar refractivity (Wildman–Crippen MR) is 70.4 cm³/mol. The highest BCUT2D eigenvalue weighted by molar-refractivity contribution is 5.17. The van der Waals surface area contributed by atoms with E-state index in [-0.39, 0.29) is 5.41 Å². The molecule has 0 aliphatic heterocycles. The van der Waals surface area contributed by atoms with Gasteiger partial charge in [-0.1, -0.05) is 19.8 Å². The van der Waals surface area contributed by atoms with Crippen LogP contribution >= 0.6 is 0 Å². The molecule has 2 aliphatic carbocycles. The van der Waals surface area contributed by atoms with Gasteiger partial charge in [0.25, 0.3) is 0 Å². The fourth-order valence-corrected chi connectivity index (χ4v) is 3.59. The molecule has 2 fully saturated rings. The standard InChI is InChI=1S/C14H23N3O/c1-2-7-17-10-11(9-16-17)18-13-8-12(15)14(13)5-3-4-6-14/h9-10,12-13H,2-8,15H2,1H3. The first-order valence-corrected chi connectivity index (χ1v) is 7.19. The van der Waals surface area contributed by atoms with Crippen molar-refractivity contribution in [3.8, 4) is 5.75 Å². The first kappa shape index (κ1) is 12.0. The van der Waals surface area contributed by atoms with Crippen molar-refractivity contribution in [3.05, 3.63) is 12.4 Å². The summed E-state index contributed by atoms with van der Waals surface area (Å²) < 4.78 is 8.08. The van der Waals surface area contributed by atoms with Gasteiger partial charge in [0.2, 0.25) is 0 Å². The second kappa shape index (κ2) is 4.57. The van der Waals surface area contributed by atoms with Crippen LogP contribution in [0.2, 0.25) is 0 Å². The maximum absolute atomic E-state index is 6.21. The molecule has 1 aromatic heterocycles. The molecule has 0 saturated heterocycles. The van der Waals surface area contributed by atoms with Crippen LogP contribution in [-0.4, -0.2) is 21.9 Å². The maximum Gasteiger partial charge on any atom is 0.157 e. The van der Waals surface area contributed by atoms with Crippen LogP contribution < -0.4 is 10.5 Å². The Bertz CT molecular complexity index is 409. The van der Waals surface area contributed by atoms with Crippen LogP contribution in [0.5, 0.6) is 5.75 Å². The Balaban J connectivity index is 1.65. The molecular formula is C14H23N3O. The van der Waals surface area contributed by atoms with Gasteiger partial charge in [-0.05, 0) is 19.3 Å². The number of ether oxygens (including phenoxy) is 1. The van der Waals surface area contributed by atoms with E-state index >= 15 is 0 Å². The zero-order valence-electron chi connectivity index (χ0n) is 11.1. The predicted octanol–water partition coefficient (Wildman–Crippen LogP) is 2.33. The van der Waals surface area contributed by atoms with Crippen molar-refractivity contribution in [1.82, 2.24) is 9.78 Å². The average Bonchev–Trinajstić information content (AvgIpc) is 2.99. The number of aryl methyl sites for hydroxylation is 1. The van der Waals surface area contributed by atoms with Gasteiger partial charge in [0.1, 0.15) is 6.10 Å². The molecule has 3 rings (SSSR count). The van der Waals surface area contributed by atoms with Gasteiger partial charge in [-0.15, -0.1) is 0 Å². The summed E-state index contributed by atoms with van der Waals surface area (Å²) in [5.41, 5.74) is 6.49. The maximum atomic E-state index is 6.21. The number of nitrogens with two attached hydrogens (primary N) is 1. The van der Waals surface area contributed by atoms with Gasteiger partial charge in [0, 0.05) is 24.4 Å². The number of hydrogen-bond donors (Lipinski definition) is 1. The van der Waals surface area contributed by atoms with E-state index in [1.54, 1.807) is 0 Å². The highest BCUT2D eigenvalue weighted by Gasteiger charge is 2.56. The Kier molecular flexibility index (Phi) is 3.06. The summed E-state index contributed by atoms with van der Waals surface area (Å²) in [6.45, 7) is 3.11. The molecule has 1 spiro atoms. The Morgan fingerprint density at radius 3 is 2.94 bits per heavy atom. The molecule has 100 valence electrons. The van der Waals surface area contributed by atoms with E-state index in [9.17, 15) is 0 Å². The lowest BCUT2D eigenvalue weighted by Gasteiger charge is -2.51. The highest BCUT2D eigenvalue weighted by Crippen LogP contribution is 2.53. The summed E-state index contributed by atoms with van der Waals surface area (Å²) in [4.78, 5) is 0. The van der Waals surface area contributed by atoms with Crippen molar-refractivity contribution in [3.63, 3.8) is 0 Å². The van der Waals surface area contributed by atoms with Crippen LogP contribution in [0.25, 0.3) is 0 Å². The molecule has 0 bridgehead atoms. The minimum atomic E-state index is 0.271. The zero-order valence-corrected chi connectivity index (χ0v) is 11.1. The lowest BCUT2D eigenvalue weighted by Crippen LogP contribution is -2.62. The summed E-state index contributed by atoms with van der Waals surface area (Å²) >= 11 is 0. The Morgan fingerprint density at radius 1 is 1.50 bits per heavy atom. The summed E-state index contributed by atoms with van der Waals surface area (Å²) in [6, 6.07) is 0.343. The van der Waals surface area contributed by atoms with Crippen molar-refractivity contribution < 1.29 is 4.74 Å². The molecule has 2 atom stereocenters. The second-order valence-electron chi connectivity index (χ2n) is 5.83. The van der Waals surface area contributed by atoms with E-state index in [2.05, 4.69) is 12.0 Å². The molecule has 0 radical (unpaired) electrons. The molecule has 0 aromatic carbocycles. The topological polar surface area (TPSA) is 53.1 Å². The van der Waals surface area contributed by atoms with Crippen LogP contribution in [-0.2, 0) is 6.54 Å². The molecule has 18 heavy (non-hydrogen) atoms. The monoisotopic (exact) mass is 249 g/mol. The number of nitrogens with zero attached hydrogens (tertiary/aromatic N) is 2. The molecule has 2 N–H and O–H groups in total. The molecule has 2 unspecified atom stereocenters. The van der Waals surface area contributed by atoms with Gasteiger partial charge in [0.15, 0.2) is 5.75 Å². The quantitative estimate of drug-likeness (QED) is 0.891. The molecule has 4 nitrogen and oxygen atoms in total. The summed E-state index contributed by atoms with van der Waals surface area (Å²) in [6.07, 6.45) is 11.3.